The minimum atomic E-state index is -1.08. The molecule has 9 nitrogen and oxygen atoms in total. The zero-order chi connectivity index (χ0) is 34.8. The molecule has 2 saturated carbocycles. The van der Waals surface area contributed by atoms with Crippen molar-refractivity contribution in [1.82, 2.24) is 19.7 Å². The number of pyridine rings is 1. The van der Waals surface area contributed by atoms with Crippen molar-refractivity contribution in [3.8, 4) is 11.1 Å². The van der Waals surface area contributed by atoms with Crippen molar-refractivity contribution in [3.63, 3.8) is 0 Å². The molecule has 4 heterocycles. The number of nitrogens with one attached hydrogen (secondary N) is 1. The summed E-state index contributed by atoms with van der Waals surface area (Å²) in [7, 11) is 0. The molecule has 2 aliphatic carbocycles. The number of aromatic nitrogens is 4. The Balaban J connectivity index is 1.03. The van der Waals surface area contributed by atoms with Gasteiger partial charge in [-0.25, -0.2) is 14.8 Å². The summed E-state index contributed by atoms with van der Waals surface area (Å²) in [5.74, 6) is -0.0317. The van der Waals surface area contributed by atoms with Gasteiger partial charge >= 0.3 is 5.97 Å². The summed E-state index contributed by atoms with van der Waals surface area (Å²) in [5, 5.41) is 18.7. The van der Waals surface area contributed by atoms with Crippen molar-refractivity contribution in [2.24, 2.45) is 22.2 Å². The highest BCUT2D eigenvalue weighted by Gasteiger charge is 2.53. The molecule has 0 spiro atoms. The number of thiazole rings is 1. The van der Waals surface area contributed by atoms with Crippen LogP contribution in [0.15, 0.2) is 67.0 Å². The second-order valence-corrected chi connectivity index (χ2v) is 17.4. The molecule has 8 rings (SSSR count). The number of para-hydroxylation sites is 1. The SMILES string of the molecule is CC1CC2(C)CC(C)(C)CC(Cn3cc(-c4ccc(N5CCc6cccc(C(=O)Nc7nc8ccccc8s7)c6C5)nc4C(=O)O)cn3)(C1)C2. The standard InChI is InChI=1S/C40H44N6O3S/c1-25-16-39(4)21-38(2,3)22-40(17-25,23-39)24-46-19-27(18-41-46)28-12-13-33(43-34(28)36(48)49)45-15-14-26-8-7-9-29(30(26)20-45)35(47)44-37-42-31-10-5-6-11-32(31)50-37/h5-13,18-19,25H,14-17,20-24H2,1-4H3,(H,48,49)(H,42,44,47). The number of hydrogen-bond donors (Lipinski definition) is 2. The molecule has 2 fully saturated rings. The molecular formula is C40H44N6O3S. The maximum atomic E-state index is 13.5. The van der Waals surface area contributed by atoms with Gasteiger partial charge in [-0.3, -0.25) is 14.8 Å². The Morgan fingerprint density at radius 1 is 1.00 bits per heavy atom. The van der Waals surface area contributed by atoms with Crippen LogP contribution in [0.3, 0.4) is 0 Å². The number of fused-ring (bicyclic) bond motifs is 4. The first-order valence-corrected chi connectivity index (χ1v) is 18.5. The van der Waals surface area contributed by atoms with Gasteiger partial charge in [-0.1, -0.05) is 63.3 Å². The van der Waals surface area contributed by atoms with E-state index in [1.165, 1.54) is 43.4 Å². The predicted molar refractivity (Wildman–Crippen MR) is 198 cm³/mol. The summed E-state index contributed by atoms with van der Waals surface area (Å²) in [6.07, 6.45) is 10.6. The predicted octanol–water partition coefficient (Wildman–Crippen LogP) is 8.70. The van der Waals surface area contributed by atoms with Crippen molar-refractivity contribution < 1.29 is 14.7 Å². The van der Waals surface area contributed by atoms with Crippen LogP contribution in [0.1, 0.15) is 91.8 Å². The van der Waals surface area contributed by atoms with Gasteiger partial charge in [0, 0.05) is 42.5 Å². The van der Waals surface area contributed by atoms with Gasteiger partial charge in [-0.05, 0) is 102 Å². The minimum absolute atomic E-state index is 0.00513. The van der Waals surface area contributed by atoms with Crippen LogP contribution in [0.25, 0.3) is 21.3 Å². The van der Waals surface area contributed by atoms with Crippen molar-refractivity contribution in [2.45, 2.75) is 79.3 Å². The van der Waals surface area contributed by atoms with Gasteiger partial charge in [0.1, 0.15) is 5.82 Å². The minimum Gasteiger partial charge on any atom is -0.476 e. The Hall–Kier alpha value is -4.57. The van der Waals surface area contributed by atoms with Crippen LogP contribution in [0.5, 0.6) is 0 Å². The molecule has 1 amide bonds. The molecule has 2 bridgehead atoms. The average Bonchev–Trinajstić information content (AvgIpc) is 3.68. The van der Waals surface area contributed by atoms with E-state index in [-0.39, 0.29) is 22.4 Å². The first kappa shape index (κ1) is 32.6. The van der Waals surface area contributed by atoms with Crippen molar-refractivity contribution >= 4 is 44.4 Å². The second-order valence-electron chi connectivity index (χ2n) is 16.4. The molecule has 258 valence electrons. The maximum absolute atomic E-state index is 13.5. The lowest BCUT2D eigenvalue weighted by Crippen LogP contribution is -2.49. The largest absolute Gasteiger partial charge is 0.476 e. The van der Waals surface area contributed by atoms with Crippen LogP contribution >= 0.6 is 11.3 Å². The Morgan fingerprint density at radius 2 is 1.84 bits per heavy atom. The highest BCUT2D eigenvalue weighted by Crippen LogP contribution is 2.62. The molecule has 0 radical (unpaired) electrons. The van der Waals surface area contributed by atoms with Gasteiger partial charge < -0.3 is 10.0 Å². The van der Waals surface area contributed by atoms with Crippen molar-refractivity contribution in [2.75, 3.05) is 16.8 Å². The van der Waals surface area contributed by atoms with E-state index in [4.69, 9.17) is 10.1 Å². The Bertz CT molecular complexity index is 2100. The molecular weight excluding hydrogens is 645 g/mol. The fourth-order valence-electron chi connectivity index (χ4n) is 10.4. The number of carbonyl (C=O) groups is 2. The van der Waals surface area contributed by atoms with Gasteiger partial charge in [0.05, 0.1) is 16.4 Å². The van der Waals surface area contributed by atoms with Crippen molar-refractivity contribution in [1.29, 1.82) is 0 Å². The lowest BCUT2D eigenvalue weighted by atomic mass is 9.47. The normalized spacial score (nSPS) is 24.2. The number of carboxylic acid groups (broad SMARTS) is 1. The molecule has 3 atom stereocenters. The van der Waals surface area contributed by atoms with Gasteiger partial charge in [0.15, 0.2) is 10.8 Å². The van der Waals surface area contributed by atoms with E-state index in [9.17, 15) is 14.7 Å². The molecule has 3 aromatic heterocycles. The number of carboxylic acids is 1. The molecule has 10 heteroatoms. The number of hydrogen-bond acceptors (Lipinski definition) is 7. The van der Waals surface area contributed by atoms with Gasteiger partial charge in [0.25, 0.3) is 5.91 Å². The van der Waals surface area contributed by atoms with Crippen molar-refractivity contribution in [3.05, 3.63) is 89.4 Å². The summed E-state index contributed by atoms with van der Waals surface area (Å²) in [6, 6.07) is 17.4. The van der Waals surface area contributed by atoms with Crippen LogP contribution in [-0.4, -0.2) is 43.3 Å². The maximum Gasteiger partial charge on any atom is 0.355 e. The van der Waals surface area contributed by atoms with E-state index in [0.717, 1.165) is 33.5 Å². The zero-order valence-electron chi connectivity index (χ0n) is 29.2. The molecule has 1 aliphatic heterocycles. The molecule has 0 saturated heterocycles. The van der Waals surface area contributed by atoms with Crippen LogP contribution in [-0.2, 0) is 19.5 Å². The number of benzene rings is 2. The second kappa shape index (κ2) is 12.0. The Kier molecular flexibility index (Phi) is 7.86. The summed E-state index contributed by atoms with van der Waals surface area (Å²) in [6.45, 7) is 11.6. The van der Waals surface area contributed by atoms with E-state index in [2.05, 4.69) is 49.0 Å². The van der Waals surface area contributed by atoms with Crippen LogP contribution in [0.2, 0.25) is 0 Å². The van der Waals surface area contributed by atoms with Gasteiger partial charge in [0.2, 0.25) is 0 Å². The van der Waals surface area contributed by atoms with Gasteiger partial charge in [-0.15, -0.1) is 0 Å². The Labute approximate surface area is 296 Å². The number of carbonyl (C=O) groups excluding carboxylic acids is 1. The lowest BCUT2D eigenvalue weighted by molar-refractivity contribution is -0.0827. The summed E-state index contributed by atoms with van der Waals surface area (Å²) < 4.78 is 3.05. The number of anilines is 2. The molecule has 2 N–H and O–H groups in total. The summed E-state index contributed by atoms with van der Waals surface area (Å²) in [5.41, 5.74) is 5.61. The molecule has 5 aromatic rings. The zero-order valence-corrected chi connectivity index (χ0v) is 30.0. The van der Waals surface area contributed by atoms with E-state index in [0.29, 0.717) is 52.9 Å². The van der Waals surface area contributed by atoms with Gasteiger partial charge in [-0.2, -0.15) is 5.10 Å². The van der Waals surface area contributed by atoms with Crippen LogP contribution in [0, 0.1) is 22.2 Å². The fraction of sp³-hybridized carbons (Fsp3) is 0.425. The molecule has 50 heavy (non-hydrogen) atoms. The summed E-state index contributed by atoms with van der Waals surface area (Å²) >= 11 is 1.45. The first-order chi connectivity index (χ1) is 23.9. The van der Waals surface area contributed by atoms with E-state index in [1.54, 1.807) is 6.20 Å². The quantitative estimate of drug-likeness (QED) is 0.176. The third-order valence-corrected chi connectivity index (χ3v) is 12.0. The van der Waals surface area contributed by atoms with E-state index in [1.807, 2.05) is 59.4 Å². The molecule has 3 aliphatic rings. The number of aromatic carboxylic acids is 1. The highest BCUT2D eigenvalue weighted by atomic mass is 32.1. The number of amides is 1. The smallest absolute Gasteiger partial charge is 0.355 e. The number of nitrogens with zero attached hydrogens (tertiary/aromatic N) is 5. The van der Waals surface area contributed by atoms with Crippen LogP contribution in [0.4, 0.5) is 10.9 Å². The third-order valence-electron chi connectivity index (χ3n) is 11.1. The average molecular weight is 689 g/mol. The highest BCUT2D eigenvalue weighted by molar-refractivity contribution is 7.22. The lowest BCUT2D eigenvalue weighted by Gasteiger charge is -2.58. The number of rotatable bonds is 7. The van der Waals surface area contributed by atoms with E-state index >= 15 is 0 Å². The Morgan fingerprint density at radius 3 is 2.66 bits per heavy atom. The third kappa shape index (κ3) is 6.19. The van der Waals surface area contributed by atoms with Crippen LogP contribution < -0.4 is 10.2 Å². The molecule has 3 unspecified atom stereocenters. The molecule has 2 aromatic carbocycles. The monoisotopic (exact) mass is 688 g/mol. The first-order valence-electron chi connectivity index (χ1n) is 17.7. The fourth-order valence-corrected chi connectivity index (χ4v) is 11.3. The summed E-state index contributed by atoms with van der Waals surface area (Å²) in [4.78, 5) is 37.5. The van der Waals surface area contributed by atoms with E-state index < -0.39 is 5.97 Å². The topological polar surface area (TPSA) is 113 Å².